The molecule has 1 saturated carbocycles. The number of carbonyl (C=O) groups excluding carboxylic acids is 1. The molecule has 4 N–H and O–H groups in total. The molecule has 1 rings (SSSR count). The van der Waals surface area contributed by atoms with Gasteiger partial charge in [-0.05, 0) is 24.7 Å². The highest BCUT2D eigenvalue weighted by molar-refractivity contribution is 5.74. The van der Waals surface area contributed by atoms with E-state index in [0.717, 1.165) is 12.8 Å². The van der Waals surface area contributed by atoms with Gasteiger partial charge in [-0.1, -0.05) is 13.3 Å². The molecule has 0 heterocycles. The summed E-state index contributed by atoms with van der Waals surface area (Å²) in [6.45, 7) is 2.15. The summed E-state index contributed by atoms with van der Waals surface area (Å²) in [4.78, 5) is 10.6. The third-order valence-corrected chi connectivity index (χ3v) is 2.85. The summed E-state index contributed by atoms with van der Waals surface area (Å²) in [6.07, 6.45) is 4.98. The number of carbonyl (C=O) groups is 1. The summed E-state index contributed by atoms with van der Waals surface area (Å²) in [5.74, 6) is -0.273. The first-order chi connectivity index (χ1) is 5.60. The van der Waals surface area contributed by atoms with E-state index in [2.05, 4.69) is 6.92 Å². The topological polar surface area (TPSA) is 69.1 Å². The second-order valence-corrected chi connectivity index (χ2v) is 3.89. The predicted octanol–water partition coefficient (Wildman–Crippen LogP) is 0.769. The van der Waals surface area contributed by atoms with Gasteiger partial charge < -0.3 is 11.5 Å². The van der Waals surface area contributed by atoms with E-state index in [1.54, 1.807) is 0 Å². The summed E-state index contributed by atoms with van der Waals surface area (Å²) in [5.41, 5.74) is 11.3. The number of amides is 1. The molecule has 12 heavy (non-hydrogen) atoms. The molecule has 1 amide bonds. The van der Waals surface area contributed by atoms with Crippen molar-refractivity contribution in [3.05, 3.63) is 0 Å². The molecule has 70 valence electrons. The van der Waals surface area contributed by atoms with Crippen molar-refractivity contribution < 1.29 is 4.79 Å². The van der Waals surface area contributed by atoms with Crippen LogP contribution in [0.2, 0.25) is 0 Å². The van der Waals surface area contributed by atoms with E-state index in [4.69, 9.17) is 11.5 Å². The van der Waals surface area contributed by atoms with Crippen LogP contribution in [0.15, 0.2) is 0 Å². The molecule has 0 saturated heterocycles. The highest BCUT2D eigenvalue weighted by Gasteiger charge is 2.46. The molecule has 0 aliphatic heterocycles. The molecule has 0 aromatic rings. The molecular formula is C9H18N2O. The van der Waals surface area contributed by atoms with Crippen molar-refractivity contribution in [2.45, 2.75) is 45.1 Å². The van der Waals surface area contributed by atoms with Crippen LogP contribution < -0.4 is 11.5 Å². The number of hydrogen-bond acceptors (Lipinski definition) is 2. The fourth-order valence-corrected chi connectivity index (χ4v) is 1.90. The first kappa shape index (κ1) is 9.52. The number of nitrogens with two attached hydrogens (primary N) is 2. The van der Waals surface area contributed by atoms with Gasteiger partial charge >= 0.3 is 0 Å². The summed E-state index contributed by atoms with van der Waals surface area (Å²) in [5, 5.41) is 0. The zero-order chi connectivity index (χ0) is 9.19. The van der Waals surface area contributed by atoms with Crippen LogP contribution in [0.3, 0.4) is 0 Å². The lowest BCUT2D eigenvalue weighted by Crippen LogP contribution is -2.35. The molecule has 0 aromatic heterocycles. The fraction of sp³-hybridized carbons (Fsp3) is 0.889. The molecule has 3 heteroatoms. The highest BCUT2D eigenvalue weighted by Crippen LogP contribution is 2.52. The van der Waals surface area contributed by atoms with Crippen molar-refractivity contribution in [3.8, 4) is 0 Å². The van der Waals surface area contributed by atoms with E-state index in [1.165, 1.54) is 12.8 Å². The smallest absolute Gasteiger partial charge is 0.218 e. The Hall–Kier alpha value is -0.570. The first-order valence-corrected chi connectivity index (χ1v) is 4.64. The molecule has 3 nitrogen and oxygen atoms in total. The van der Waals surface area contributed by atoms with Gasteiger partial charge in [0.25, 0.3) is 0 Å². The van der Waals surface area contributed by atoms with E-state index >= 15 is 0 Å². The van der Waals surface area contributed by atoms with Gasteiger partial charge in [-0.2, -0.15) is 0 Å². The van der Waals surface area contributed by atoms with Crippen LogP contribution in [0, 0.1) is 5.41 Å². The van der Waals surface area contributed by atoms with Gasteiger partial charge in [-0.15, -0.1) is 0 Å². The van der Waals surface area contributed by atoms with Crippen LogP contribution >= 0.6 is 0 Å². The molecule has 0 radical (unpaired) electrons. The third-order valence-electron chi connectivity index (χ3n) is 2.85. The maximum Gasteiger partial charge on any atom is 0.218 e. The van der Waals surface area contributed by atoms with Gasteiger partial charge in [-0.25, -0.2) is 0 Å². The van der Waals surface area contributed by atoms with Gasteiger partial charge in [0.15, 0.2) is 0 Å². The van der Waals surface area contributed by atoms with Crippen molar-refractivity contribution in [1.82, 2.24) is 0 Å². The second-order valence-electron chi connectivity index (χ2n) is 3.89. The van der Waals surface area contributed by atoms with Crippen molar-refractivity contribution in [2.75, 3.05) is 0 Å². The lowest BCUT2D eigenvalue weighted by atomic mass is 9.90. The fourth-order valence-electron chi connectivity index (χ4n) is 1.90. The Balaban J connectivity index is 2.40. The Labute approximate surface area is 73.5 Å². The molecule has 0 spiro atoms. The first-order valence-electron chi connectivity index (χ1n) is 4.64. The largest absolute Gasteiger partial charge is 0.370 e. The summed E-state index contributed by atoms with van der Waals surface area (Å²) < 4.78 is 0. The molecule has 1 unspecified atom stereocenters. The average molecular weight is 170 g/mol. The van der Waals surface area contributed by atoms with E-state index in [-0.39, 0.29) is 17.4 Å². The second kappa shape index (κ2) is 3.44. The van der Waals surface area contributed by atoms with Crippen molar-refractivity contribution >= 4 is 5.91 Å². The number of primary amides is 1. The maximum atomic E-state index is 10.6. The minimum atomic E-state index is -0.273. The van der Waals surface area contributed by atoms with Crippen molar-refractivity contribution in [2.24, 2.45) is 16.9 Å². The summed E-state index contributed by atoms with van der Waals surface area (Å²) in [6, 6.07) is -0.00468. The van der Waals surface area contributed by atoms with Gasteiger partial charge in [-0.3, -0.25) is 4.79 Å². The zero-order valence-electron chi connectivity index (χ0n) is 7.68. The van der Waals surface area contributed by atoms with Crippen LogP contribution in [-0.4, -0.2) is 11.9 Å². The lowest BCUT2D eigenvalue weighted by molar-refractivity contribution is -0.118. The van der Waals surface area contributed by atoms with E-state index < -0.39 is 0 Å². The van der Waals surface area contributed by atoms with Crippen LogP contribution in [0.25, 0.3) is 0 Å². The highest BCUT2D eigenvalue weighted by atomic mass is 16.1. The molecule has 0 aromatic carbocycles. The predicted molar refractivity (Wildman–Crippen MR) is 48.4 cm³/mol. The standard InChI is InChI=1S/C9H18N2O/c1-2-3-9(4-5-9)7(10)6-8(11)12/h7H,2-6,10H2,1H3,(H2,11,12). The molecule has 1 aliphatic rings. The SMILES string of the molecule is CCCC1(C(N)CC(N)=O)CC1. The average Bonchev–Trinajstić information content (AvgIpc) is 2.68. The number of rotatable bonds is 5. The molecule has 1 aliphatic carbocycles. The Morgan fingerprint density at radius 3 is 2.50 bits per heavy atom. The number of hydrogen-bond donors (Lipinski definition) is 2. The van der Waals surface area contributed by atoms with Gasteiger partial charge in [0.1, 0.15) is 0 Å². The van der Waals surface area contributed by atoms with Gasteiger partial charge in [0.05, 0.1) is 0 Å². The van der Waals surface area contributed by atoms with E-state index in [9.17, 15) is 4.79 Å². The van der Waals surface area contributed by atoms with Crippen LogP contribution in [0.1, 0.15) is 39.0 Å². The minimum absolute atomic E-state index is 0.00468. The normalized spacial score (nSPS) is 21.8. The van der Waals surface area contributed by atoms with Crippen molar-refractivity contribution in [1.29, 1.82) is 0 Å². The molecule has 0 bridgehead atoms. The van der Waals surface area contributed by atoms with E-state index in [0.29, 0.717) is 6.42 Å². The van der Waals surface area contributed by atoms with Crippen molar-refractivity contribution in [3.63, 3.8) is 0 Å². The minimum Gasteiger partial charge on any atom is -0.370 e. The van der Waals surface area contributed by atoms with E-state index in [1.807, 2.05) is 0 Å². The molecular weight excluding hydrogens is 152 g/mol. The quantitative estimate of drug-likeness (QED) is 0.640. The molecule has 1 atom stereocenters. The molecule has 1 fully saturated rings. The van der Waals surface area contributed by atoms with Crippen LogP contribution in [0.4, 0.5) is 0 Å². The Kier molecular flexibility index (Phi) is 2.73. The monoisotopic (exact) mass is 170 g/mol. The third kappa shape index (κ3) is 1.97. The van der Waals surface area contributed by atoms with Gasteiger partial charge in [0, 0.05) is 12.5 Å². The van der Waals surface area contributed by atoms with Crippen LogP contribution in [0.5, 0.6) is 0 Å². The Morgan fingerprint density at radius 1 is 1.58 bits per heavy atom. The van der Waals surface area contributed by atoms with Gasteiger partial charge in [0.2, 0.25) is 5.91 Å². The zero-order valence-corrected chi connectivity index (χ0v) is 7.68. The summed E-state index contributed by atoms with van der Waals surface area (Å²) in [7, 11) is 0. The maximum absolute atomic E-state index is 10.6. The van der Waals surface area contributed by atoms with Crippen LogP contribution in [-0.2, 0) is 4.79 Å². The lowest BCUT2D eigenvalue weighted by Gasteiger charge is -2.21. The Morgan fingerprint density at radius 2 is 2.17 bits per heavy atom. The summed E-state index contributed by atoms with van der Waals surface area (Å²) >= 11 is 0. The Bertz CT molecular complexity index is 175.